The average Bonchev–Trinajstić information content (AvgIpc) is 2.43. The summed E-state index contributed by atoms with van der Waals surface area (Å²) in [5.74, 6) is -1.62. The van der Waals surface area contributed by atoms with E-state index in [4.69, 9.17) is 15.6 Å². The third kappa shape index (κ3) is 5.04. The number of hydrogen-bond donors (Lipinski definition) is 3. The maximum atomic E-state index is 12.1. The van der Waals surface area contributed by atoms with Crippen LogP contribution in [0.25, 0.3) is 0 Å². The minimum Gasteiger partial charge on any atom is -0.497 e. The van der Waals surface area contributed by atoms with Crippen LogP contribution in [0.15, 0.2) is 29.2 Å². The van der Waals surface area contributed by atoms with Crippen LogP contribution in [0.5, 0.6) is 5.75 Å². The first-order valence-electron chi connectivity index (χ1n) is 5.94. The minimum absolute atomic E-state index is 0.103. The molecule has 8 nitrogen and oxygen atoms in total. The predicted octanol–water partition coefficient (Wildman–Crippen LogP) is -0.308. The number of carboxylic acid groups (broad SMARTS) is 1. The number of carbonyl (C=O) groups excluding carboxylic acids is 1. The van der Waals surface area contributed by atoms with Gasteiger partial charge in [-0.2, -0.15) is 4.72 Å². The van der Waals surface area contributed by atoms with Crippen molar-refractivity contribution in [2.24, 2.45) is 5.73 Å². The SMILES string of the molecule is COc1ccc(S(=O)(=O)N[C@H](CCC(N)=O)C(=O)O)cc1. The molecule has 0 radical (unpaired) electrons. The minimum atomic E-state index is -4.02. The summed E-state index contributed by atoms with van der Waals surface area (Å²) < 4.78 is 31.1. The van der Waals surface area contributed by atoms with Crippen molar-refractivity contribution in [2.45, 2.75) is 23.8 Å². The number of carboxylic acids is 1. The molecule has 0 aliphatic carbocycles. The molecule has 0 aliphatic rings. The molecule has 0 saturated carbocycles. The van der Waals surface area contributed by atoms with Gasteiger partial charge >= 0.3 is 5.97 Å². The average molecular weight is 316 g/mol. The topological polar surface area (TPSA) is 136 Å². The summed E-state index contributed by atoms with van der Waals surface area (Å²) in [5.41, 5.74) is 4.92. The summed E-state index contributed by atoms with van der Waals surface area (Å²) in [6, 6.07) is 4.02. The zero-order valence-corrected chi connectivity index (χ0v) is 12.1. The Balaban J connectivity index is 2.89. The van der Waals surface area contributed by atoms with Gasteiger partial charge in [0.2, 0.25) is 15.9 Å². The smallest absolute Gasteiger partial charge is 0.321 e. The fraction of sp³-hybridized carbons (Fsp3) is 0.333. The lowest BCUT2D eigenvalue weighted by Crippen LogP contribution is -2.41. The highest BCUT2D eigenvalue weighted by molar-refractivity contribution is 7.89. The third-order valence-corrected chi connectivity index (χ3v) is 4.13. The Kier molecular flexibility index (Phi) is 5.68. The molecule has 9 heteroatoms. The molecule has 0 heterocycles. The second-order valence-electron chi connectivity index (χ2n) is 4.19. The highest BCUT2D eigenvalue weighted by Crippen LogP contribution is 2.16. The Morgan fingerprint density at radius 2 is 1.90 bits per heavy atom. The molecule has 0 unspecified atom stereocenters. The van der Waals surface area contributed by atoms with Gasteiger partial charge in [0.15, 0.2) is 0 Å². The van der Waals surface area contributed by atoms with Gasteiger partial charge in [-0.1, -0.05) is 0 Å². The summed E-state index contributed by atoms with van der Waals surface area (Å²) >= 11 is 0. The van der Waals surface area contributed by atoms with Crippen LogP contribution in [0.4, 0.5) is 0 Å². The van der Waals surface area contributed by atoms with Gasteiger partial charge in [0.25, 0.3) is 0 Å². The van der Waals surface area contributed by atoms with Crippen molar-refractivity contribution >= 4 is 21.9 Å². The molecule has 1 aromatic rings. The van der Waals surface area contributed by atoms with E-state index in [1.807, 2.05) is 4.72 Å². The second-order valence-corrected chi connectivity index (χ2v) is 5.91. The van der Waals surface area contributed by atoms with Crippen molar-refractivity contribution in [3.63, 3.8) is 0 Å². The van der Waals surface area contributed by atoms with Gasteiger partial charge in [0.05, 0.1) is 12.0 Å². The highest BCUT2D eigenvalue weighted by atomic mass is 32.2. The van der Waals surface area contributed by atoms with Crippen LogP contribution in [0.1, 0.15) is 12.8 Å². The third-order valence-electron chi connectivity index (χ3n) is 2.64. The molecule has 1 rings (SSSR count). The molecule has 0 spiro atoms. The molecule has 1 atom stereocenters. The van der Waals surface area contributed by atoms with Crippen LogP contribution in [0, 0.1) is 0 Å². The van der Waals surface area contributed by atoms with E-state index in [0.29, 0.717) is 5.75 Å². The Morgan fingerprint density at radius 1 is 1.33 bits per heavy atom. The summed E-state index contributed by atoms with van der Waals surface area (Å²) in [5, 5.41) is 8.98. The van der Waals surface area contributed by atoms with Crippen LogP contribution in [0.3, 0.4) is 0 Å². The number of hydrogen-bond acceptors (Lipinski definition) is 5. The largest absolute Gasteiger partial charge is 0.497 e. The van der Waals surface area contributed by atoms with Crippen molar-refractivity contribution < 1.29 is 27.9 Å². The Morgan fingerprint density at radius 3 is 2.33 bits per heavy atom. The van der Waals surface area contributed by atoms with Gasteiger partial charge in [-0.25, -0.2) is 8.42 Å². The van der Waals surface area contributed by atoms with E-state index in [2.05, 4.69) is 0 Å². The van der Waals surface area contributed by atoms with Crippen molar-refractivity contribution in [3.05, 3.63) is 24.3 Å². The number of sulfonamides is 1. The Labute approximate surface area is 122 Å². The maximum absolute atomic E-state index is 12.1. The standard InChI is InChI=1S/C12H16N2O6S/c1-20-8-2-4-9(5-3-8)21(18,19)14-10(12(16)17)6-7-11(13)15/h2-5,10,14H,6-7H2,1H3,(H2,13,15)(H,16,17)/t10-/m1/s1. The summed E-state index contributed by atoms with van der Waals surface area (Å²) in [7, 11) is -2.58. The number of ether oxygens (including phenoxy) is 1. The lowest BCUT2D eigenvalue weighted by molar-refractivity contribution is -0.139. The zero-order chi connectivity index (χ0) is 16.0. The summed E-state index contributed by atoms with van der Waals surface area (Å²) in [6.45, 7) is 0. The van der Waals surface area contributed by atoms with E-state index in [-0.39, 0.29) is 17.7 Å². The molecule has 0 fully saturated rings. The van der Waals surface area contributed by atoms with Crippen LogP contribution < -0.4 is 15.2 Å². The normalized spacial score (nSPS) is 12.6. The Bertz CT molecular complexity index is 611. The van der Waals surface area contributed by atoms with Crippen molar-refractivity contribution in [3.8, 4) is 5.75 Å². The Hall–Kier alpha value is -2.13. The molecular formula is C12H16N2O6S. The molecule has 21 heavy (non-hydrogen) atoms. The van der Waals surface area contributed by atoms with Crippen LogP contribution in [0.2, 0.25) is 0 Å². The molecule has 0 saturated heterocycles. The summed E-state index contributed by atoms with van der Waals surface area (Å²) in [4.78, 5) is 21.6. The lowest BCUT2D eigenvalue weighted by Gasteiger charge is -2.14. The van der Waals surface area contributed by atoms with Crippen molar-refractivity contribution in [2.75, 3.05) is 7.11 Å². The number of benzene rings is 1. The number of primary amides is 1. The van der Waals surface area contributed by atoms with Crippen LogP contribution in [-0.2, 0) is 19.6 Å². The summed E-state index contributed by atoms with van der Waals surface area (Å²) in [6.07, 6.45) is -0.456. The lowest BCUT2D eigenvalue weighted by atomic mass is 10.2. The fourth-order valence-electron chi connectivity index (χ4n) is 1.53. The van der Waals surface area contributed by atoms with Crippen LogP contribution in [-0.4, -0.2) is 38.6 Å². The molecule has 0 aromatic heterocycles. The molecule has 0 bridgehead atoms. The van der Waals surface area contributed by atoms with E-state index in [0.717, 1.165) is 0 Å². The molecule has 116 valence electrons. The second kappa shape index (κ2) is 7.04. The first kappa shape index (κ1) is 16.9. The monoisotopic (exact) mass is 316 g/mol. The van der Waals surface area contributed by atoms with E-state index in [1.54, 1.807) is 0 Å². The molecule has 4 N–H and O–H groups in total. The number of aliphatic carboxylic acids is 1. The van der Waals surface area contributed by atoms with Gasteiger partial charge in [-0.3, -0.25) is 9.59 Å². The number of nitrogens with one attached hydrogen (secondary N) is 1. The maximum Gasteiger partial charge on any atom is 0.321 e. The van der Waals surface area contributed by atoms with E-state index in [9.17, 15) is 18.0 Å². The van der Waals surface area contributed by atoms with Gasteiger partial charge in [0, 0.05) is 6.42 Å². The predicted molar refractivity (Wildman–Crippen MR) is 73.2 cm³/mol. The number of carbonyl (C=O) groups is 2. The number of rotatable bonds is 8. The van der Waals surface area contributed by atoms with Gasteiger partial charge in [-0.05, 0) is 30.7 Å². The van der Waals surface area contributed by atoms with Crippen molar-refractivity contribution in [1.82, 2.24) is 4.72 Å². The molecule has 1 amide bonds. The quantitative estimate of drug-likeness (QED) is 0.602. The zero-order valence-electron chi connectivity index (χ0n) is 11.3. The van der Waals surface area contributed by atoms with E-state index < -0.39 is 27.9 Å². The number of amides is 1. The molecule has 0 aliphatic heterocycles. The highest BCUT2D eigenvalue weighted by Gasteiger charge is 2.25. The first-order valence-corrected chi connectivity index (χ1v) is 7.42. The fourth-order valence-corrected chi connectivity index (χ4v) is 2.75. The molecule has 1 aromatic carbocycles. The van der Waals surface area contributed by atoms with E-state index >= 15 is 0 Å². The van der Waals surface area contributed by atoms with Crippen molar-refractivity contribution in [1.29, 1.82) is 0 Å². The van der Waals surface area contributed by atoms with Crippen LogP contribution >= 0.6 is 0 Å². The van der Waals surface area contributed by atoms with Gasteiger partial charge in [-0.15, -0.1) is 0 Å². The van der Waals surface area contributed by atoms with Gasteiger partial charge in [0.1, 0.15) is 11.8 Å². The number of methoxy groups -OCH3 is 1. The number of nitrogens with two attached hydrogens (primary N) is 1. The first-order chi connectivity index (χ1) is 9.76. The van der Waals surface area contributed by atoms with E-state index in [1.165, 1.54) is 31.4 Å². The molecular weight excluding hydrogens is 300 g/mol. The van der Waals surface area contributed by atoms with Gasteiger partial charge < -0.3 is 15.6 Å².